The summed E-state index contributed by atoms with van der Waals surface area (Å²) in [5.74, 6) is -0.159. The van der Waals surface area contributed by atoms with Crippen molar-refractivity contribution in [2.75, 3.05) is 6.61 Å². The monoisotopic (exact) mass is 393 g/mol. The van der Waals surface area contributed by atoms with Crippen LogP contribution >= 0.6 is 0 Å². The van der Waals surface area contributed by atoms with Crippen molar-refractivity contribution in [3.05, 3.63) is 64.7 Å². The van der Waals surface area contributed by atoms with E-state index >= 15 is 0 Å². The molecule has 0 aliphatic heterocycles. The summed E-state index contributed by atoms with van der Waals surface area (Å²) in [7, 11) is 0. The maximum atomic E-state index is 12.5. The molecule has 0 aromatic heterocycles. The van der Waals surface area contributed by atoms with Crippen molar-refractivity contribution in [1.29, 1.82) is 0 Å². The normalized spacial score (nSPS) is 18.3. The zero-order valence-corrected chi connectivity index (χ0v) is 16.8. The number of rotatable bonds is 6. The second-order valence-corrected chi connectivity index (χ2v) is 7.86. The van der Waals surface area contributed by atoms with Crippen molar-refractivity contribution >= 4 is 11.9 Å². The lowest BCUT2D eigenvalue weighted by molar-refractivity contribution is -0.156. The first-order valence-electron chi connectivity index (χ1n) is 10.4. The average Bonchev–Trinajstić information content (AvgIpc) is 3.20. The molecule has 0 saturated heterocycles. The summed E-state index contributed by atoms with van der Waals surface area (Å²) < 4.78 is 10.8. The lowest BCUT2D eigenvalue weighted by Crippen LogP contribution is -2.39. The topological polar surface area (TPSA) is 64.6 Å². The van der Waals surface area contributed by atoms with E-state index in [0.717, 1.165) is 37.7 Å². The van der Waals surface area contributed by atoms with Crippen molar-refractivity contribution < 1.29 is 19.1 Å². The zero-order valence-electron chi connectivity index (χ0n) is 16.8. The molecule has 0 radical (unpaired) electrons. The number of hydrogen-bond donors (Lipinski definition) is 1. The first-order valence-corrected chi connectivity index (χ1v) is 10.4. The number of carbonyl (C=O) groups is 2. The molecule has 0 unspecified atom stereocenters. The molecule has 2 aromatic carbocycles. The highest BCUT2D eigenvalue weighted by atomic mass is 16.6. The fourth-order valence-corrected chi connectivity index (χ4v) is 4.26. The molecule has 2 atom stereocenters. The smallest absolute Gasteiger partial charge is 0.344 e. The molecule has 152 valence electrons. The van der Waals surface area contributed by atoms with Gasteiger partial charge in [0.15, 0.2) is 12.7 Å². The van der Waals surface area contributed by atoms with Gasteiger partial charge in [-0.3, -0.25) is 4.79 Å². The van der Waals surface area contributed by atoms with Crippen LogP contribution < -0.4 is 10.1 Å². The zero-order chi connectivity index (χ0) is 20.2. The second-order valence-electron chi connectivity index (χ2n) is 7.86. The number of nitrogens with one attached hydrogen (secondary N) is 1. The molecule has 4 rings (SSSR count). The number of carbonyl (C=O) groups excluding carboxylic acids is 2. The van der Waals surface area contributed by atoms with Crippen LogP contribution in [0.25, 0.3) is 0 Å². The van der Waals surface area contributed by atoms with Gasteiger partial charge in [0, 0.05) is 0 Å². The molecule has 2 aromatic rings. The van der Waals surface area contributed by atoms with E-state index in [1.807, 2.05) is 24.3 Å². The summed E-state index contributed by atoms with van der Waals surface area (Å²) in [4.78, 5) is 24.7. The van der Waals surface area contributed by atoms with Gasteiger partial charge in [-0.05, 0) is 79.8 Å². The van der Waals surface area contributed by atoms with Gasteiger partial charge in [-0.1, -0.05) is 30.3 Å². The molecule has 1 N–H and O–H groups in total. The Morgan fingerprint density at radius 1 is 1.03 bits per heavy atom. The molecule has 0 heterocycles. The van der Waals surface area contributed by atoms with E-state index in [1.165, 1.54) is 23.1 Å². The Labute approximate surface area is 171 Å². The molecule has 1 amide bonds. The van der Waals surface area contributed by atoms with Gasteiger partial charge >= 0.3 is 5.97 Å². The Morgan fingerprint density at radius 2 is 1.83 bits per heavy atom. The Kier molecular flexibility index (Phi) is 5.84. The third-order valence-electron chi connectivity index (χ3n) is 5.79. The van der Waals surface area contributed by atoms with E-state index in [0.29, 0.717) is 5.75 Å². The van der Waals surface area contributed by atoms with Gasteiger partial charge in [0.1, 0.15) is 5.75 Å². The van der Waals surface area contributed by atoms with E-state index in [2.05, 4.69) is 23.5 Å². The molecule has 2 aliphatic carbocycles. The summed E-state index contributed by atoms with van der Waals surface area (Å²) in [5, 5.41) is 3.03. The largest absolute Gasteiger partial charge is 0.482 e. The van der Waals surface area contributed by atoms with Crippen molar-refractivity contribution in [2.24, 2.45) is 0 Å². The Bertz CT molecular complexity index is 908. The van der Waals surface area contributed by atoms with Gasteiger partial charge in [0.05, 0.1) is 6.04 Å². The summed E-state index contributed by atoms with van der Waals surface area (Å²) in [6.07, 6.45) is 5.43. The molecule has 0 spiro atoms. The van der Waals surface area contributed by atoms with Crippen LogP contribution in [-0.2, 0) is 33.6 Å². The van der Waals surface area contributed by atoms with Gasteiger partial charge in [0.25, 0.3) is 5.91 Å². The second kappa shape index (κ2) is 8.68. The highest BCUT2D eigenvalue weighted by molar-refractivity contribution is 5.84. The van der Waals surface area contributed by atoms with Crippen LogP contribution in [0, 0.1) is 0 Å². The van der Waals surface area contributed by atoms with E-state index in [1.54, 1.807) is 6.92 Å². The summed E-state index contributed by atoms with van der Waals surface area (Å²) in [5.41, 5.74) is 5.08. The van der Waals surface area contributed by atoms with E-state index in [9.17, 15) is 9.59 Å². The minimum atomic E-state index is -0.861. The third kappa shape index (κ3) is 4.61. The number of amides is 1. The van der Waals surface area contributed by atoms with Crippen LogP contribution in [0.5, 0.6) is 5.75 Å². The number of benzene rings is 2. The molecule has 5 heteroatoms. The maximum absolute atomic E-state index is 12.5. The number of fused-ring (bicyclic) bond motifs is 2. The molecule has 5 nitrogen and oxygen atoms in total. The minimum absolute atomic E-state index is 0.0312. The van der Waals surface area contributed by atoms with Gasteiger partial charge in [-0.15, -0.1) is 0 Å². The van der Waals surface area contributed by atoms with Crippen molar-refractivity contribution in [2.45, 2.75) is 57.6 Å². The lowest BCUT2D eigenvalue weighted by atomic mass is 9.87. The molecule has 2 aliphatic rings. The van der Waals surface area contributed by atoms with E-state index in [4.69, 9.17) is 9.47 Å². The third-order valence-corrected chi connectivity index (χ3v) is 5.79. The number of hydrogen-bond acceptors (Lipinski definition) is 4. The van der Waals surface area contributed by atoms with Crippen LogP contribution in [0.15, 0.2) is 42.5 Å². The molecular formula is C24H27NO4. The Balaban J connectivity index is 1.27. The maximum Gasteiger partial charge on any atom is 0.344 e. The van der Waals surface area contributed by atoms with Crippen LogP contribution in [0.2, 0.25) is 0 Å². The quantitative estimate of drug-likeness (QED) is 0.761. The first kappa shape index (κ1) is 19.5. The van der Waals surface area contributed by atoms with Gasteiger partial charge < -0.3 is 14.8 Å². The van der Waals surface area contributed by atoms with Gasteiger partial charge in [0.2, 0.25) is 0 Å². The van der Waals surface area contributed by atoms with Crippen LogP contribution in [0.4, 0.5) is 0 Å². The number of aryl methyl sites for hydroxylation is 3. The number of ether oxygens (including phenoxy) is 2. The predicted octanol–water partition coefficient (Wildman–Crippen LogP) is 3.68. The molecule has 0 bridgehead atoms. The van der Waals surface area contributed by atoms with Crippen molar-refractivity contribution in [3.8, 4) is 5.75 Å². The fourth-order valence-electron chi connectivity index (χ4n) is 4.26. The summed E-state index contributed by atoms with van der Waals surface area (Å²) in [6, 6.07) is 14.1. The molecule has 0 fully saturated rings. The average molecular weight is 393 g/mol. The van der Waals surface area contributed by atoms with Crippen LogP contribution in [0.3, 0.4) is 0 Å². The standard InChI is InChI=1S/C24H27NO4/c1-16(24(27)25-22-11-5-8-18-6-2-3-10-21(18)22)29-23(26)15-28-20-13-12-17-7-4-9-19(17)14-20/h2-3,6,10,12-14,16,22H,4-5,7-9,11,15H2,1H3,(H,25,27)/t16-,22-/m0/s1. The van der Waals surface area contributed by atoms with Gasteiger partial charge in [-0.25, -0.2) is 4.79 Å². The van der Waals surface area contributed by atoms with E-state index in [-0.39, 0.29) is 18.6 Å². The SMILES string of the molecule is C[C@H](OC(=O)COc1ccc2c(c1)CCC2)C(=O)N[C@H]1CCCc2ccccc21. The summed E-state index contributed by atoms with van der Waals surface area (Å²) >= 11 is 0. The highest BCUT2D eigenvalue weighted by Crippen LogP contribution is 2.29. The Hall–Kier alpha value is -2.82. The molecule has 0 saturated carbocycles. The van der Waals surface area contributed by atoms with Crippen LogP contribution in [0.1, 0.15) is 54.5 Å². The van der Waals surface area contributed by atoms with Crippen molar-refractivity contribution in [3.63, 3.8) is 0 Å². The summed E-state index contributed by atoms with van der Waals surface area (Å²) in [6.45, 7) is 1.39. The lowest BCUT2D eigenvalue weighted by Gasteiger charge is -2.27. The number of esters is 1. The van der Waals surface area contributed by atoms with Gasteiger partial charge in [-0.2, -0.15) is 0 Å². The fraction of sp³-hybridized carbons (Fsp3) is 0.417. The van der Waals surface area contributed by atoms with Crippen molar-refractivity contribution in [1.82, 2.24) is 5.32 Å². The molecular weight excluding hydrogens is 366 g/mol. The Morgan fingerprint density at radius 3 is 2.72 bits per heavy atom. The minimum Gasteiger partial charge on any atom is -0.482 e. The predicted molar refractivity (Wildman–Crippen MR) is 110 cm³/mol. The van der Waals surface area contributed by atoms with E-state index < -0.39 is 12.1 Å². The first-order chi connectivity index (χ1) is 14.1. The van der Waals surface area contributed by atoms with Crippen LogP contribution in [-0.4, -0.2) is 24.6 Å². The highest BCUT2D eigenvalue weighted by Gasteiger charge is 2.25. The molecule has 29 heavy (non-hydrogen) atoms.